The normalized spacial score (nSPS) is 16.6. The van der Waals surface area contributed by atoms with Gasteiger partial charge in [0.05, 0.1) is 30.7 Å². The van der Waals surface area contributed by atoms with Crippen LogP contribution in [0.4, 0.5) is 5.69 Å². The maximum atomic E-state index is 11.0. The number of aromatic hydroxyl groups is 1. The van der Waals surface area contributed by atoms with Crippen LogP contribution in [0.3, 0.4) is 0 Å². The van der Waals surface area contributed by atoms with E-state index in [2.05, 4.69) is 5.32 Å². The van der Waals surface area contributed by atoms with E-state index >= 15 is 0 Å². The van der Waals surface area contributed by atoms with Gasteiger partial charge in [-0.2, -0.15) is 0 Å². The molecule has 2 rings (SSSR count). The van der Waals surface area contributed by atoms with Crippen LogP contribution >= 0.6 is 12.4 Å². The molecular weight excluding hydrogens is 314 g/mol. The Kier molecular flexibility index (Phi) is 6.82. The van der Waals surface area contributed by atoms with Crippen molar-refractivity contribution in [1.29, 1.82) is 0 Å². The Morgan fingerprint density at radius 2 is 2.09 bits per heavy atom. The first-order valence-corrected chi connectivity index (χ1v) is 6.69. The lowest BCUT2D eigenvalue weighted by Gasteiger charge is -2.34. The Hall–Kier alpha value is -1.61. The molecule has 1 aromatic carbocycles. The quantitative estimate of drug-likeness (QED) is 0.537. The van der Waals surface area contributed by atoms with Gasteiger partial charge in [-0.3, -0.25) is 15.0 Å². The molecule has 3 N–H and O–H groups in total. The summed E-state index contributed by atoms with van der Waals surface area (Å²) in [6.07, 6.45) is 0. The number of piperazine rings is 1. The van der Waals surface area contributed by atoms with Gasteiger partial charge in [-0.1, -0.05) is 0 Å². The maximum Gasteiger partial charge on any atom is 0.273 e. The zero-order valence-electron chi connectivity index (χ0n) is 12.2. The monoisotopic (exact) mass is 333 g/mol. The van der Waals surface area contributed by atoms with Crippen LogP contribution in [0.15, 0.2) is 12.1 Å². The highest BCUT2D eigenvalue weighted by Crippen LogP contribution is 2.39. The Balaban J connectivity index is 0.00000242. The lowest BCUT2D eigenvalue weighted by Crippen LogP contribution is -2.46. The summed E-state index contributed by atoms with van der Waals surface area (Å²) in [7, 11) is 1.33. The van der Waals surface area contributed by atoms with Crippen LogP contribution in [0, 0.1) is 10.1 Å². The number of nitro benzene ring substituents is 1. The number of ether oxygens (including phenoxy) is 1. The molecule has 1 heterocycles. The molecule has 1 fully saturated rings. The number of non-ortho nitro benzene ring substituents is 1. The van der Waals surface area contributed by atoms with E-state index in [1.807, 2.05) is 4.90 Å². The molecule has 1 aliphatic heterocycles. The van der Waals surface area contributed by atoms with Crippen molar-refractivity contribution in [3.8, 4) is 11.5 Å². The van der Waals surface area contributed by atoms with Crippen molar-refractivity contribution in [2.24, 2.45) is 0 Å². The topological polar surface area (TPSA) is 108 Å². The first kappa shape index (κ1) is 18.4. The number of methoxy groups -OCH3 is 1. The summed E-state index contributed by atoms with van der Waals surface area (Å²) in [5.74, 6) is -0.131. The second-order valence-corrected chi connectivity index (χ2v) is 4.83. The molecule has 1 atom stereocenters. The number of benzene rings is 1. The third-order valence-corrected chi connectivity index (χ3v) is 3.64. The van der Waals surface area contributed by atoms with Gasteiger partial charge in [0.25, 0.3) is 5.69 Å². The molecule has 9 heteroatoms. The van der Waals surface area contributed by atoms with Crippen molar-refractivity contribution in [1.82, 2.24) is 10.2 Å². The summed E-state index contributed by atoms with van der Waals surface area (Å²) in [5.41, 5.74) is 0.138. The molecule has 1 aliphatic rings. The molecule has 0 radical (unpaired) electrons. The van der Waals surface area contributed by atoms with Gasteiger partial charge in [-0.15, -0.1) is 12.4 Å². The summed E-state index contributed by atoms with van der Waals surface area (Å²) in [5, 5.41) is 34.1. The number of phenols is 1. The lowest BCUT2D eigenvalue weighted by atomic mass is 10.0. The number of nitro groups is 1. The average molecular weight is 334 g/mol. The van der Waals surface area contributed by atoms with Crippen LogP contribution < -0.4 is 10.1 Å². The molecule has 22 heavy (non-hydrogen) atoms. The smallest absolute Gasteiger partial charge is 0.273 e. The predicted molar refractivity (Wildman–Crippen MR) is 82.8 cm³/mol. The zero-order chi connectivity index (χ0) is 15.4. The van der Waals surface area contributed by atoms with E-state index in [0.29, 0.717) is 18.7 Å². The first-order valence-electron chi connectivity index (χ1n) is 6.69. The summed E-state index contributed by atoms with van der Waals surface area (Å²) >= 11 is 0. The molecule has 1 saturated heterocycles. The van der Waals surface area contributed by atoms with Gasteiger partial charge in [-0.25, -0.2) is 0 Å². The number of halogens is 1. The number of aliphatic hydroxyl groups excluding tert-OH is 1. The number of rotatable bonds is 5. The predicted octanol–water partition coefficient (Wildman–Crippen LogP) is 0.669. The van der Waals surface area contributed by atoms with Gasteiger partial charge in [0.1, 0.15) is 0 Å². The van der Waals surface area contributed by atoms with Crippen LogP contribution in [0.1, 0.15) is 11.6 Å². The Morgan fingerprint density at radius 1 is 1.45 bits per heavy atom. The van der Waals surface area contributed by atoms with Crippen molar-refractivity contribution >= 4 is 18.1 Å². The molecule has 0 unspecified atom stereocenters. The summed E-state index contributed by atoms with van der Waals surface area (Å²) < 4.78 is 4.99. The SMILES string of the molecule is COc1cc([N+](=O)[O-])cc([C@@H](CO)N2CCNCC2)c1O.Cl. The van der Waals surface area contributed by atoms with Crippen molar-refractivity contribution < 1.29 is 19.9 Å². The van der Waals surface area contributed by atoms with E-state index in [9.17, 15) is 20.3 Å². The van der Waals surface area contributed by atoms with E-state index in [1.54, 1.807) is 0 Å². The molecule has 1 aromatic rings. The average Bonchev–Trinajstić information content (AvgIpc) is 2.50. The highest BCUT2D eigenvalue weighted by molar-refractivity contribution is 5.85. The number of aliphatic hydroxyl groups is 1. The van der Waals surface area contributed by atoms with Gasteiger partial charge in [0.15, 0.2) is 11.5 Å². The molecule has 0 aliphatic carbocycles. The van der Waals surface area contributed by atoms with Gasteiger partial charge in [0, 0.05) is 37.8 Å². The fourth-order valence-electron chi connectivity index (χ4n) is 2.53. The largest absolute Gasteiger partial charge is 0.504 e. The van der Waals surface area contributed by atoms with E-state index in [-0.39, 0.29) is 36.2 Å². The summed E-state index contributed by atoms with van der Waals surface area (Å²) in [6, 6.07) is 1.96. The third-order valence-electron chi connectivity index (χ3n) is 3.64. The highest BCUT2D eigenvalue weighted by Gasteiger charge is 2.28. The molecule has 0 bridgehead atoms. The Bertz CT molecular complexity index is 523. The number of nitrogens with zero attached hydrogens (tertiary/aromatic N) is 2. The molecule has 0 aromatic heterocycles. The molecule has 8 nitrogen and oxygen atoms in total. The number of nitrogens with one attached hydrogen (secondary N) is 1. The van der Waals surface area contributed by atoms with E-state index < -0.39 is 11.0 Å². The number of hydrogen-bond donors (Lipinski definition) is 3. The van der Waals surface area contributed by atoms with Gasteiger partial charge in [-0.05, 0) is 0 Å². The summed E-state index contributed by atoms with van der Waals surface area (Å²) in [4.78, 5) is 12.4. The Morgan fingerprint density at radius 3 is 2.59 bits per heavy atom. The van der Waals surface area contributed by atoms with E-state index in [4.69, 9.17) is 4.74 Å². The maximum absolute atomic E-state index is 11.0. The zero-order valence-corrected chi connectivity index (χ0v) is 13.0. The molecule has 124 valence electrons. The minimum Gasteiger partial charge on any atom is -0.504 e. The minimum absolute atomic E-state index is 0. The first-order chi connectivity index (χ1) is 10.1. The van der Waals surface area contributed by atoms with Crippen molar-refractivity contribution in [2.75, 3.05) is 39.9 Å². The molecule has 0 spiro atoms. The fourth-order valence-corrected chi connectivity index (χ4v) is 2.53. The van der Waals surface area contributed by atoms with Gasteiger partial charge >= 0.3 is 0 Å². The van der Waals surface area contributed by atoms with Crippen LogP contribution in [0.2, 0.25) is 0 Å². The van der Waals surface area contributed by atoms with Crippen molar-refractivity contribution in [3.63, 3.8) is 0 Å². The third kappa shape index (κ3) is 3.77. The minimum atomic E-state index is -0.544. The molecule has 0 saturated carbocycles. The lowest BCUT2D eigenvalue weighted by molar-refractivity contribution is -0.385. The van der Waals surface area contributed by atoms with Gasteiger partial charge in [0.2, 0.25) is 0 Å². The second kappa shape index (κ2) is 8.14. The second-order valence-electron chi connectivity index (χ2n) is 4.83. The summed E-state index contributed by atoms with van der Waals surface area (Å²) in [6.45, 7) is 2.68. The molecule has 0 amide bonds. The standard InChI is InChI=1S/C13H19N3O5.ClH/c1-21-12-7-9(16(19)20)6-10(13(12)18)11(8-17)15-4-2-14-3-5-15;/h6-7,11,14,17-18H,2-5,8H2,1H3;1H/t11-;/m1./s1. The van der Waals surface area contributed by atoms with Crippen LogP contribution in [0.25, 0.3) is 0 Å². The van der Waals surface area contributed by atoms with Crippen LogP contribution in [0.5, 0.6) is 11.5 Å². The van der Waals surface area contributed by atoms with Crippen molar-refractivity contribution in [2.45, 2.75) is 6.04 Å². The van der Waals surface area contributed by atoms with Crippen LogP contribution in [-0.4, -0.2) is 59.9 Å². The number of hydrogen-bond acceptors (Lipinski definition) is 7. The molecular formula is C13H20ClN3O5. The van der Waals surface area contributed by atoms with E-state index in [0.717, 1.165) is 13.1 Å². The van der Waals surface area contributed by atoms with Crippen molar-refractivity contribution in [3.05, 3.63) is 27.8 Å². The van der Waals surface area contributed by atoms with Crippen LogP contribution in [-0.2, 0) is 0 Å². The number of phenolic OH excluding ortho intramolecular Hbond substituents is 1. The van der Waals surface area contributed by atoms with E-state index in [1.165, 1.54) is 19.2 Å². The highest BCUT2D eigenvalue weighted by atomic mass is 35.5. The van der Waals surface area contributed by atoms with Gasteiger partial charge < -0.3 is 20.3 Å². The fraction of sp³-hybridized carbons (Fsp3) is 0.538. The Labute approximate surface area is 134 Å².